The maximum absolute atomic E-state index is 11.9. The zero-order chi connectivity index (χ0) is 26.1. The Bertz CT molecular complexity index is 1070. The second-order valence-electron chi connectivity index (χ2n) is 6.66. The predicted molar refractivity (Wildman–Crippen MR) is 141 cm³/mol. The summed E-state index contributed by atoms with van der Waals surface area (Å²) in [6, 6.07) is 26.2. The highest BCUT2D eigenvalue weighted by Gasteiger charge is 2.16. The van der Waals surface area contributed by atoms with Crippen molar-refractivity contribution >= 4 is 33.8 Å². The normalized spacial score (nSPS) is 12.3. The number of rotatable bonds is 8. The zero-order valence-electron chi connectivity index (χ0n) is 19.8. The number of amides is 2. The highest BCUT2D eigenvalue weighted by Crippen LogP contribution is 2.05. The second kappa shape index (κ2) is 17.3. The number of hydrogen-bond acceptors (Lipinski definition) is 6. The van der Waals surface area contributed by atoms with Crippen LogP contribution in [0.15, 0.2) is 101 Å². The van der Waals surface area contributed by atoms with Crippen LogP contribution in [-0.4, -0.2) is 32.8 Å². The molecule has 3 atom stereocenters. The summed E-state index contributed by atoms with van der Waals surface area (Å²) in [7, 11) is -3.06. The molecule has 3 unspecified atom stereocenters. The maximum Gasteiger partial charge on any atom is 0.249 e. The molecule has 0 heterocycles. The van der Waals surface area contributed by atoms with Gasteiger partial charge in [0, 0.05) is 0 Å². The van der Waals surface area contributed by atoms with Crippen molar-refractivity contribution in [3.05, 3.63) is 96.6 Å². The van der Waals surface area contributed by atoms with E-state index in [9.17, 15) is 18.0 Å². The highest BCUT2D eigenvalue weighted by molar-refractivity contribution is 7.84. The molecule has 35 heavy (non-hydrogen) atoms. The van der Waals surface area contributed by atoms with E-state index >= 15 is 0 Å². The quantitative estimate of drug-likeness (QED) is 0.361. The lowest BCUT2D eigenvalue weighted by Gasteiger charge is -2.11. The molecule has 2 amide bonds. The lowest BCUT2D eigenvalue weighted by atomic mass is 10.1. The molecule has 0 aliphatic heterocycles. The van der Waals surface area contributed by atoms with Crippen molar-refractivity contribution in [2.45, 2.75) is 36.1 Å². The molecular weight excluding hydrogens is 484 g/mol. The molecule has 0 aliphatic rings. The number of benzene rings is 3. The molecule has 6 N–H and O–H groups in total. The van der Waals surface area contributed by atoms with Gasteiger partial charge in [-0.15, -0.1) is 0 Å². The summed E-state index contributed by atoms with van der Waals surface area (Å²) >= 11 is 0. The van der Waals surface area contributed by atoms with E-state index in [2.05, 4.69) is 9.44 Å². The van der Waals surface area contributed by atoms with Crippen LogP contribution in [-0.2, 0) is 38.0 Å². The van der Waals surface area contributed by atoms with E-state index in [-0.39, 0.29) is 6.54 Å². The van der Waals surface area contributed by atoms with Crippen molar-refractivity contribution in [1.29, 1.82) is 0 Å². The molecule has 0 bridgehead atoms. The van der Waals surface area contributed by atoms with Crippen molar-refractivity contribution < 1.29 is 18.0 Å². The van der Waals surface area contributed by atoms with Gasteiger partial charge in [0.2, 0.25) is 11.8 Å². The molecule has 0 radical (unpaired) electrons. The minimum absolute atomic E-state index is 0.154. The van der Waals surface area contributed by atoms with Gasteiger partial charge in [-0.2, -0.15) is 0 Å². The van der Waals surface area contributed by atoms with Gasteiger partial charge < -0.3 is 11.5 Å². The van der Waals surface area contributed by atoms with Crippen LogP contribution >= 0.6 is 0 Å². The fraction of sp³-hybridized carbons (Fsp3) is 0.200. The van der Waals surface area contributed by atoms with Gasteiger partial charge in [-0.25, -0.2) is 8.42 Å². The average Bonchev–Trinajstić information content (AvgIpc) is 2.91. The molecular formula is C25H32N4O4S2. The van der Waals surface area contributed by atoms with Gasteiger partial charge in [0.15, 0.2) is 22.0 Å². The monoisotopic (exact) mass is 516 g/mol. The summed E-state index contributed by atoms with van der Waals surface area (Å²) in [6.07, 6.45) is 0.415. The van der Waals surface area contributed by atoms with E-state index < -0.39 is 39.8 Å². The first kappa shape index (κ1) is 29.9. The number of hydrogen-bond donors (Lipinski definition) is 4. The lowest BCUT2D eigenvalue weighted by Crippen LogP contribution is -2.42. The summed E-state index contributed by atoms with van der Waals surface area (Å²) in [5.41, 5.74) is 11.9. The molecule has 8 nitrogen and oxygen atoms in total. The third-order valence-corrected chi connectivity index (χ3v) is 6.34. The Labute approximate surface area is 211 Å². The largest absolute Gasteiger partial charge is 0.322 e. The van der Waals surface area contributed by atoms with E-state index in [0.717, 1.165) is 5.56 Å². The molecule has 188 valence electrons. The van der Waals surface area contributed by atoms with Gasteiger partial charge in [0.25, 0.3) is 0 Å². The Morgan fingerprint density at radius 2 is 1.14 bits per heavy atom. The van der Waals surface area contributed by atoms with Crippen molar-refractivity contribution in [3.8, 4) is 0 Å². The van der Waals surface area contributed by atoms with E-state index in [1.807, 2.05) is 56.3 Å². The Kier molecular flexibility index (Phi) is 14.7. The van der Waals surface area contributed by atoms with E-state index in [1.165, 1.54) is 0 Å². The van der Waals surface area contributed by atoms with Gasteiger partial charge in [0.05, 0.1) is 22.4 Å². The Morgan fingerprint density at radius 1 is 0.743 bits per heavy atom. The first-order chi connectivity index (χ1) is 16.9. The molecule has 3 rings (SSSR count). The second-order valence-corrected chi connectivity index (χ2v) is 9.08. The summed E-state index contributed by atoms with van der Waals surface area (Å²) in [5.74, 6) is -0.849. The predicted octanol–water partition coefficient (Wildman–Crippen LogP) is 2.21. The maximum atomic E-state index is 11.9. The summed E-state index contributed by atoms with van der Waals surface area (Å²) in [5, 5.41) is 0. The van der Waals surface area contributed by atoms with Crippen LogP contribution in [0.1, 0.15) is 19.4 Å². The molecule has 0 spiro atoms. The Morgan fingerprint density at radius 3 is 1.57 bits per heavy atom. The molecule has 0 aliphatic carbocycles. The third kappa shape index (κ3) is 11.7. The lowest BCUT2D eigenvalue weighted by molar-refractivity contribution is -0.120. The third-order valence-electron chi connectivity index (χ3n) is 4.13. The van der Waals surface area contributed by atoms with E-state index in [4.69, 9.17) is 11.5 Å². The van der Waals surface area contributed by atoms with Crippen LogP contribution in [0.2, 0.25) is 0 Å². The van der Waals surface area contributed by atoms with E-state index in [1.54, 1.807) is 48.5 Å². The number of nitrogens with one attached hydrogen (secondary N) is 2. The minimum Gasteiger partial charge on any atom is -0.322 e. The fourth-order valence-corrected chi connectivity index (χ4v) is 4.15. The van der Waals surface area contributed by atoms with Crippen LogP contribution in [0.5, 0.6) is 0 Å². The standard InChI is InChI=1S/C15H16N2O2S.C8H10N2O2S.C2H6/c16-14(11-12-7-3-1-4-8-12)15(18)17-20(19)13-9-5-2-6-10-13;9-6-8(11)10-13(12)7-4-2-1-3-5-7;1-2/h1-10,14H,11,16H2,(H,17,18);1-5H,6,9H2,(H,10,11);1-2H3. The van der Waals surface area contributed by atoms with Crippen molar-refractivity contribution in [2.75, 3.05) is 6.54 Å². The molecule has 0 saturated carbocycles. The van der Waals surface area contributed by atoms with Gasteiger partial charge in [0.1, 0.15) is 0 Å². The molecule has 3 aromatic carbocycles. The topological polar surface area (TPSA) is 144 Å². The Balaban J connectivity index is 0.000000354. The van der Waals surface area contributed by atoms with Crippen LogP contribution in [0.25, 0.3) is 0 Å². The summed E-state index contributed by atoms with van der Waals surface area (Å²) in [6.45, 7) is 3.85. The van der Waals surface area contributed by atoms with Crippen molar-refractivity contribution in [3.63, 3.8) is 0 Å². The number of nitrogens with two attached hydrogens (primary N) is 2. The van der Waals surface area contributed by atoms with Crippen molar-refractivity contribution in [2.24, 2.45) is 11.5 Å². The molecule has 0 saturated heterocycles. The fourth-order valence-electron chi connectivity index (χ4n) is 2.48. The zero-order valence-corrected chi connectivity index (χ0v) is 21.4. The van der Waals surface area contributed by atoms with Crippen molar-refractivity contribution in [1.82, 2.24) is 9.44 Å². The first-order valence-corrected chi connectivity index (χ1v) is 13.2. The van der Waals surface area contributed by atoms with Crippen LogP contribution in [0.4, 0.5) is 0 Å². The van der Waals surface area contributed by atoms with Gasteiger partial charge in [-0.1, -0.05) is 80.6 Å². The molecule has 10 heteroatoms. The smallest absolute Gasteiger partial charge is 0.249 e. The number of carbonyl (C=O) groups is 2. The molecule has 0 fully saturated rings. The van der Waals surface area contributed by atoms with Crippen LogP contribution in [0, 0.1) is 0 Å². The molecule has 0 aromatic heterocycles. The SMILES string of the molecule is CC.NC(Cc1ccccc1)C(=O)NS(=O)c1ccccc1.NCC(=O)NS(=O)c1ccccc1. The number of carbonyl (C=O) groups excluding carboxylic acids is 2. The summed E-state index contributed by atoms with van der Waals surface area (Å²) < 4.78 is 28.0. The average molecular weight is 517 g/mol. The van der Waals surface area contributed by atoms with Crippen LogP contribution in [0.3, 0.4) is 0 Å². The highest BCUT2D eigenvalue weighted by atomic mass is 32.2. The van der Waals surface area contributed by atoms with Gasteiger partial charge >= 0.3 is 0 Å². The van der Waals surface area contributed by atoms with Crippen LogP contribution < -0.4 is 20.9 Å². The Hall–Kier alpha value is -3.18. The van der Waals surface area contributed by atoms with E-state index in [0.29, 0.717) is 16.2 Å². The summed E-state index contributed by atoms with van der Waals surface area (Å²) in [4.78, 5) is 23.8. The van der Waals surface area contributed by atoms with Gasteiger partial charge in [-0.05, 0) is 36.2 Å². The molecule has 3 aromatic rings. The minimum atomic E-state index is -1.57. The van der Waals surface area contributed by atoms with Gasteiger partial charge in [-0.3, -0.25) is 19.0 Å². The first-order valence-electron chi connectivity index (χ1n) is 10.9.